The van der Waals surface area contributed by atoms with E-state index in [0.29, 0.717) is 12.8 Å². The third kappa shape index (κ3) is 6.43. The molecule has 0 heterocycles. The summed E-state index contributed by atoms with van der Waals surface area (Å²) in [6, 6.07) is 8.14. The van der Waals surface area contributed by atoms with Gasteiger partial charge >= 0.3 is 6.09 Å². The smallest absolute Gasteiger partial charge is 0.408 e. The van der Waals surface area contributed by atoms with E-state index in [0.717, 1.165) is 11.8 Å². The van der Waals surface area contributed by atoms with Crippen LogP contribution in [0.4, 0.5) is 4.79 Å². The van der Waals surface area contributed by atoms with E-state index in [9.17, 15) is 9.59 Å². The van der Waals surface area contributed by atoms with E-state index in [1.165, 1.54) is 5.56 Å². The summed E-state index contributed by atoms with van der Waals surface area (Å²) in [4.78, 5) is 23.1. The lowest BCUT2D eigenvalue weighted by Crippen LogP contribution is -2.49. The molecule has 1 atom stereocenters. The molecule has 0 aromatic heterocycles. The van der Waals surface area contributed by atoms with E-state index in [-0.39, 0.29) is 0 Å². The number of rotatable bonds is 5. The van der Waals surface area contributed by atoms with Gasteiger partial charge in [0.2, 0.25) is 0 Å². The highest BCUT2D eigenvalue weighted by atomic mass is 16.6. The van der Waals surface area contributed by atoms with Gasteiger partial charge in [-0.15, -0.1) is 0 Å². The fourth-order valence-corrected chi connectivity index (χ4v) is 1.85. The number of hydrogen-bond acceptors (Lipinski definition) is 3. The number of hydrogen-bond donors (Lipinski definition) is 1. The maximum Gasteiger partial charge on any atom is 0.408 e. The maximum atomic E-state index is 11.8. The predicted octanol–water partition coefficient (Wildman–Crippen LogP) is 3.41. The molecule has 1 N–H and O–H groups in total. The quantitative estimate of drug-likeness (QED) is 0.846. The lowest BCUT2D eigenvalue weighted by atomic mass is 9.94. The molecule has 0 spiro atoms. The second-order valence-electron chi connectivity index (χ2n) is 6.65. The third-order valence-electron chi connectivity index (χ3n) is 3.10. The number of benzene rings is 1. The monoisotopic (exact) mass is 291 g/mol. The molecule has 21 heavy (non-hydrogen) atoms. The standard InChI is InChI=1S/C17H25NO3/c1-13-6-8-14(9-7-13)10-11-17(5,12-19)18-15(20)21-16(2,3)4/h6-9,12H,10-11H2,1-5H3,(H,18,20). The van der Waals surface area contributed by atoms with Gasteiger partial charge < -0.3 is 14.8 Å². The van der Waals surface area contributed by atoms with Crippen molar-refractivity contribution in [2.24, 2.45) is 0 Å². The number of aryl methyl sites for hydroxylation is 2. The molecule has 0 bridgehead atoms. The number of alkyl carbamates (subject to hydrolysis) is 1. The van der Waals surface area contributed by atoms with Crippen LogP contribution in [0, 0.1) is 6.92 Å². The summed E-state index contributed by atoms with van der Waals surface area (Å²) in [5.41, 5.74) is 0.835. The van der Waals surface area contributed by atoms with Gasteiger partial charge in [-0.25, -0.2) is 4.79 Å². The minimum absolute atomic E-state index is 0.527. The first-order valence-electron chi connectivity index (χ1n) is 7.17. The highest BCUT2D eigenvalue weighted by Gasteiger charge is 2.28. The van der Waals surface area contributed by atoms with Crippen LogP contribution in [0.15, 0.2) is 24.3 Å². The second kappa shape index (κ2) is 6.74. The topological polar surface area (TPSA) is 55.4 Å². The van der Waals surface area contributed by atoms with Crippen molar-refractivity contribution in [2.45, 2.75) is 58.6 Å². The summed E-state index contributed by atoms with van der Waals surface area (Å²) < 4.78 is 5.19. The van der Waals surface area contributed by atoms with Gasteiger partial charge in [0.15, 0.2) is 0 Å². The van der Waals surface area contributed by atoms with Crippen molar-refractivity contribution in [1.29, 1.82) is 0 Å². The highest BCUT2D eigenvalue weighted by molar-refractivity contribution is 5.76. The van der Waals surface area contributed by atoms with E-state index >= 15 is 0 Å². The van der Waals surface area contributed by atoms with E-state index in [1.807, 2.05) is 31.2 Å². The summed E-state index contributed by atoms with van der Waals surface area (Å²) >= 11 is 0. The number of carbonyl (C=O) groups excluding carboxylic acids is 2. The van der Waals surface area contributed by atoms with Gasteiger partial charge in [0.05, 0.1) is 5.54 Å². The zero-order valence-corrected chi connectivity index (χ0v) is 13.5. The average Bonchev–Trinajstić information content (AvgIpc) is 2.36. The van der Waals surface area contributed by atoms with Gasteiger partial charge in [0, 0.05) is 0 Å². The molecule has 1 aromatic carbocycles. The molecule has 0 saturated heterocycles. The molecule has 4 nitrogen and oxygen atoms in total. The van der Waals surface area contributed by atoms with Gasteiger partial charge in [-0.2, -0.15) is 0 Å². The van der Waals surface area contributed by atoms with Crippen LogP contribution in [0.25, 0.3) is 0 Å². The number of ether oxygens (including phenoxy) is 1. The predicted molar refractivity (Wildman–Crippen MR) is 83.3 cm³/mol. The molecule has 1 amide bonds. The number of amides is 1. The Morgan fingerprint density at radius 1 is 1.19 bits per heavy atom. The van der Waals surface area contributed by atoms with Gasteiger partial charge in [-0.3, -0.25) is 0 Å². The van der Waals surface area contributed by atoms with E-state index < -0.39 is 17.2 Å². The van der Waals surface area contributed by atoms with Gasteiger partial charge in [0.1, 0.15) is 11.9 Å². The van der Waals surface area contributed by atoms with Gasteiger partial charge in [-0.05, 0) is 53.0 Å². The lowest BCUT2D eigenvalue weighted by molar-refractivity contribution is -0.113. The Morgan fingerprint density at radius 3 is 2.24 bits per heavy atom. The Labute approximate surface area is 126 Å². The van der Waals surface area contributed by atoms with Crippen LogP contribution >= 0.6 is 0 Å². The lowest BCUT2D eigenvalue weighted by Gasteiger charge is -2.27. The molecular formula is C17H25NO3. The van der Waals surface area contributed by atoms with Crippen LogP contribution in [0.1, 0.15) is 45.2 Å². The van der Waals surface area contributed by atoms with Crippen LogP contribution in [0.5, 0.6) is 0 Å². The summed E-state index contributed by atoms with van der Waals surface area (Å²) in [5, 5.41) is 2.65. The molecule has 0 saturated carbocycles. The van der Waals surface area contributed by atoms with Crippen molar-refractivity contribution >= 4 is 12.4 Å². The van der Waals surface area contributed by atoms with Gasteiger partial charge in [-0.1, -0.05) is 29.8 Å². The number of carbonyl (C=O) groups is 2. The van der Waals surface area contributed by atoms with Crippen molar-refractivity contribution < 1.29 is 14.3 Å². The molecule has 0 fully saturated rings. The molecule has 1 unspecified atom stereocenters. The molecule has 0 aliphatic carbocycles. The molecule has 116 valence electrons. The van der Waals surface area contributed by atoms with Crippen molar-refractivity contribution in [3.05, 3.63) is 35.4 Å². The molecule has 0 aliphatic heterocycles. The Balaban J connectivity index is 2.61. The first kappa shape index (κ1) is 17.2. The molecular weight excluding hydrogens is 266 g/mol. The summed E-state index contributed by atoms with van der Waals surface area (Å²) in [6.07, 6.45) is 1.44. The zero-order chi connectivity index (χ0) is 16.1. The Morgan fingerprint density at radius 2 is 1.76 bits per heavy atom. The normalized spacial score (nSPS) is 14.1. The van der Waals surface area contributed by atoms with Crippen LogP contribution in [-0.2, 0) is 16.0 Å². The minimum atomic E-state index is -0.923. The average molecular weight is 291 g/mol. The largest absolute Gasteiger partial charge is 0.444 e. The van der Waals surface area contributed by atoms with E-state index in [4.69, 9.17) is 4.74 Å². The molecule has 1 aromatic rings. The molecule has 0 aliphatic rings. The van der Waals surface area contributed by atoms with Crippen molar-refractivity contribution in [2.75, 3.05) is 0 Å². The van der Waals surface area contributed by atoms with Crippen molar-refractivity contribution in [3.63, 3.8) is 0 Å². The van der Waals surface area contributed by atoms with E-state index in [1.54, 1.807) is 27.7 Å². The summed E-state index contributed by atoms with van der Waals surface area (Å²) in [6.45, 7) is 9.10. The van der Waals surface area contributed by atoms with Gasteiger partial charge in [0.25, 0.3) is 0 Å². The maximum absolute atomic E-state index is 11.8. The number of aldehydes is 1. The Kier molecular flexibility index (Phi) is 5.53. The first-order valence-corrected chi connectivity index (χ1v) is 7.17. The van der Waals surface area contributed by atoms with Crippen LogP contribution in [-0.4, -0.2) is 23.5 Å². The number of nitrogens with one attached hydrogen (secondary N) is 1. The van der Waals surface area contributed by atoms with Crippen molar-refractivity contribution in [3.8, 4) is 0 Å². The highest BCUT2D eigenvalue weighted by Crippen LogP contribution is 2.15. The summed E-state index contributed by atoms with van der Waals surface area (Å²) in [7, 11) is 0. The molecule has 1 rings (SSSR count). The summed E-state index contributed by atoms with van der Waals surface area (Å²) in [5.74, 6) is 0. The molecule has 4 heteroatoms. The minimum Gasteiger partial charge on any atom is -0.444 e. The Hall–Kier alpha value is -1.84. The molecule has 0 radical (unpaired) electrons. The fraction of sp³-hybridized carbons (Fsp3) is 0.529. The zero-order valence-electron chi connectivity index (χ0n) is 13.5. The van der Waals surface area contributed by atoms with Crippen LogP contribution in [0.2, 0.25) is 0 Å². The SMILES string of the molecule is Cc1ccc(CCC(C)(C=O)NC(=O)OC(C)(C)C)cc1. The van der Waals surface area contributed by atoms with Crippen molar-refractivity contribution in [1.82, 2.24) is 5.32 Å². The van der Waals surface area contributed by atoms with E-state index in [2.05, 4.69) is 5.32 Å². The first-order chi connectivity index (χ1) is 9.63. The van der Waals surface area contributed by atoms with Crippen LogP contribution < -0.4 is 5.32 Å². The van der Waals surface area contributed by atoms with Crippen LogP contribution in [0.3, 0.4) is 0 Å². The third-order valence-corrected chi connectivity index (χ3v) is 3.10. The fourth-order valence-electron chi connectivity index (χ4n) is 1.85. The Bertz CT molecular complexity index is 488. The second-order valence-corrected chi connectivity index (χ2v) is 6.65.